The molecule has 3 aliphatic carbocycles. The Morgan fingerprint density at radius 1 is 1.06 bits per heavy atom. The monoisotopic (exact) mass is 501 g/mol. The van der Waals surface area contributed by atoms with E-state index in [1.54, 1.807) is 12.4 Å². The van der Waals surface area contributed by atoms with Crippen LogP contribution in [-0.2, 0) is 17.2 Å². The predicted octanol–water partition coefficient (Wildman–Crippen LogP) is 4.38. The van der Waals surface area contributed by atoms with E-state index in [0.717, 1.165) is 73.6 Å². The summed E-state index contributed by atoms with van der Waals surface area (Å²) in [5.41, 5.74) is 0.615. The Morgan fingerprint density at radius 2 is 1.79 bits per heavy atom. The predicted molar refractivity (Wildman–Crippen MR) is 132 cm³/mol. The third kappa shape index (κ3) is 4.05. The van der Waals surface area contributed by atoms with Crippen molar-refractivity contribution in [2.24, 2.45) is 11.8 Å². The van der Waals surface area contributed by atoms with Crippen molar-refractivity contribution < 1.29 is 9.32 Å². The van der Waals surface area contributed by atoms with E-state index in [4.69, 9.17) is 21.6 Å². The summed E-state index contributed by atoms with van der Waals surface area (Å²) >= 11 is 6.02. The van der Waals surface area contributed by atoms with Crippen LogP contribution in [0, 0.1) is 11.8 Å². The summed E-state index contributed by atoms with van der Waals surface area (Å²) in [7, 11) is -1.10. The van der Waals surface area contributed by atoms with Crippen LogP contribution >= 0.6 is 11.6 Å². The average Bonchev–Trinajstić information content (AvgIpc) is 2.96. The molecule has 2 aromatic rings. The molecule has 1 aliphatic heterocycles. The number of nitrogens with one attached hydrogen (secondary N) is 1. The fourth-order valence-corrected chi connectivity index (χ4v) is 8.14. The van der Waals surface area contributed by atoms with Gasteiger partial charge in [0, 0.05) is 30.0 Å². The quantitative estimate of drug-likeness (QED) is 0.627. The van der Waals surface area contributed by atoms with Gasteiger partial charge in [0.1, 0.15) is 22.4 Å². The maximum atomic E-state index is 13.1. The summed E-state index contributed by atoms with van der Waals surface area (Å²) < 4.78 is 13.1. The van der Waals surface area contributed by atoms with Gasteiger partial charge >= 0.3 is 0 Å². The molecule has 3 heterocycles. The third-order valence-corrected chi connectivity index (χ3v) is 10.3. The van der Waals surface area contributed by atoms with E-state index in [-0.39, 0.29) is 18.1 Å². The van der Waals surface area contributed by atoms with E-state index in [0.29, 0.717) is 34.3 Å². The van der Waals surface area contributed by atoms with Crippen molar-refractivity contribution in [1.82, 2.24) is 19.9 Å². The van der Waals surface area contributed by atoms with Crippen molar-refractivity contribution in [3.63, 3.8) is 0 Å². The van der Waals surface area contributed by atoms with Gasteiger partial charge in [0.05, 0.1) is 33.7 Å². The summed E-state index contributed by atoms with van der Waals surface area (Å²) in [5, 5.41) is 14.2. The highest BCUT2D eigenvalue weighted by Gasteiger charge is 2.46. The molecule has 2 N–H and O–H groups in total. The maximum absolute atomic E-state index is 13.1. The van der Waals surface area contributed by atoms with Crippen molar-refractivity contribution in [3.8, 4) is 0 Å². The second kappa shape index (κ2) is 9.10. The standard InChI is InChI=1S/C25H32ClN5O2S/c26-18-12-27-23(28-13-18)20-15-5-6-16(20)11-17(10-15)22-29-19-4-1-2-9-34(33)21(19)24(30-22)31-25(14-32)7-3-8-25/h12-13,15-17,20,32H,1-11,14H2,(H,29,30,31). The molecule has 4 aliphatic rings. The summed E-state index contributed by atoms with van der Waals surface area (Å²) in [5.74, 6) is 4.89. The van der Waals surface area contributed by atoms with E-state index in [9.17, 15) is 9.32 Å². The zero-order valence-electron chi connectivity index (χ0n) is 19.4. The summed E-state index contributed by atoms with van der Waals surface area (Å²) in [6.07, 6.45) is 13.6. The van der Waals surface area contributed by atoms with E-state index in [1.165, 1.54) is 12.8 Å². The van der Waals surface area contributed by atoms with Crippen LogP contribution in [0.25, 0.3) is 0 Å². The van der Waals surface area contributed by atoms with E-state index >= 15 is 0 Å². The lowest BCUT2D eigenvalue weighted by molar-refractivity contribution is 0.143. The van der Waals surface area contributed by atoms with E-state index in [1.807, 2.05) is 0 Å². The van der Waals surface area contributed by atoms with Gasteiger partial charge in [-0.1, -0.05) is 11.6 Å². The first-order valence-corrected chi connectivity index (χ1v) is 14.4. The fraction of sp³-hybridized carbons (Fsp3) is 0.680. The molecule has 0 amide bonds. The van der Waals surface area contributed by atoms with Crippen LogP contribution in [0.5, 0.6) is 0 Å². The first-order valence-electron chi connectivity index (χ1n) is 12.7. The Morgan fingerprint density at radius 3 is 2.44 bits per heavy atom. The molecule has 2 bridgehead atoms. The normalized spacial score (nSPS) is 31.9. The van der Waals surface area contributed by atoms with Gasteiger partial charge in [0.15, 0.2) is 0 Å². The Bertz CT molecular complexity index is 1070. The molecular weight excluding hydrogens is 470 g/mol. The number of aliphatic hydroxyl groups excluding tert-OH is 1. The van der Waals surface area contributed by atoms with Gasteiger partial charge in [0.2, 0.25) is 0 Å². The minimum absolute atomic E-state index is 0.0735. The Kier molecular flexibility index (Phi) is 6.10. The van der Waals surface area contributed by atoms with Gasteiger partial charge in [-0.25, -0.2) is 19.9 Å². The first kappa shape index (κ1) is 22.8. The van der Waals surface area contributed by atoms with Crippen molar-refractivity contribution in [3.05, 3.63) is 34.8 Å². The Labute approximate surface area is 208 Å². The second-order valence-electron chi connectivity index (χ2n) is 10.7. The third-order valence-electron chi connectivity index (χ3n) is 8.57. The average molecular weight is 502 g/mol. The second-order valence-corrected chi connectivity index (χ2v) is 12.6. The van der Waals surface area contributed by atoms with Crippen molar-refractivity contribution >= 4 is 28.2 Å². The highest BCUT2D eigenvalue weighted by Crippen LogP contribution is 2.55. The molecule has 2 aromatic heterocycles. The fourth-order valence-electron chi connectivity index (χ4n) is 6.65. The summed E-state index contributed by atoms with van der Waals surface area (Å²) in [6.45, 7) is 0.0735. The molecule has 0 spiro atoms. The van der Waals surface area contributed by atoms with E-state index < -0.39 is 10.8 Å². The molecule has 0 saturated heterocycles. The zero-order chi connectivity index (χ0) is 23.3. The van der Waals surface area contributed by atoms with Crippen LogP contribution in [0.4, 0.5) is 5.82 Å². The van der Waals surface area contributed by atoms with Gasteiger partial charge in [-0.3, -0.25) is 4.21 Å². The highest BCUT2D eigenvalue weighted by atomic mass is 35.5. The number of aryl methyl sites for hydroxylation is 1. The largest absolute Gasteiger partial charge is 0.394 e. The number of hydrogen-bond donors (Lipinski definition) is 2. The molecule has 3 unspecified atom stereocenters. The minimum Gasteiger partial charge on any atom is -0.394 e. The number of hydrogen-bond acceptors (Lipinski definition) is 7. The van der Waals surface area contributed by atoms with Crippen molar-refractivity contribution in [2.45, 2.75) is 86.5 Å². The number of rotatable bonds is 5. The Balaban J connectivity index is 1.32. The molecule has 182 valence electrons. The van der Waals surface area contributed by atoms with Crippen LogP contribution in [0.3, 0.4) is 0 Å². The maximum Gasteiger partial charge on any atom is 0.146 e. The molecule has 9 heteroatoms. The van der Waals surface area contributed by atoms with Crippen LogP contribution in [-0.4, -0.2) is 47.2 Å². The smallest absolute Gasteiger partial charge is 0.146 e. The van der Waals surface area contributed by atoms with Crippen LogP contribution in [0.2, 0.25) is 5.02 Å². The number of aliphatic hydroxyl groups is 1. The molecule has 3 atom stereocenters. The SMILES string of the molecule is O=S1CCCCc2nc(C3CC4CCC(C3)C4c3ncc(Cl)cn3)nc(NC3(CO)CCC3)c21. The lowest BCUT2D eigenvalue weighted by Gasteiger charge is -2.42. The molecule has 7 nitrogen and oxygen atoms in total. The number of anilines is 1. The molecule has 0 radical (unpaired) electrons. The highest BCUT2D eigenvalue weighted by molar-refractivity contribution is 7.85. The molecule has 3 saturated carbocycles. The molecule has 6 rings (SSSR count). The van der Waals surface area contributed by atoms with Crippen LogP contribution < -0.4 is 5.32 Å². The molecular formula is C25H32ClN5O2S. The van der Waals surface area contributed by atoms with Gasteiger partial charge in [-0.05, 0) is 76.0 Å². The van der Waals surface area contributed by atoms with Gasteiger partial charge in [0.25, 0.3) is 0 Å². The Hall–Kier alpha value is -1.64. The van der Waals surface area contributed by atoms with Crippen LogP contribution in [0.15, 0.2) is 17.3 Å². The zero-order valence-corrected chi connectivity index (χ0v) is 21.0. The topological polar surface area (TPSA) is 101 Å². The summed E-state index contributed by atoms with van der Waals surface area (Å²) in [4.78, 5) is 20.0. The molecule has 3 fully saturated rings. The van der Waals surface area contributed by atoms with Gasteiger partial charge in [-0.2, -0.15) is 0 Å². The van der Waals surface area contributed by atoms with Gasteiger partial charge in [-0.15, -0.1) is 0 Å². The van der Waals surface area contributed by atoms with Crippen molar-refractivity contribution in [2.75, 3.05) is 17.7 Å². The molecule has 34 heavy (non-hydrogen) atoms. The lowest BCUT2D eigenvalue weighted by Crippen LogP contribution is -2.49. The van der Waals surface area contributed by atoms with E-state index in [2.05, 4.69) is 15.3 Å². The number of halogens is 1. The number of nitrogens with zero attached hydrogens (tertiary/aromatic N) is 4. The molecule has 0 aromatic carbocycles. The number of aromatic nitrogens is 4. The number of fused-ring (bicyclic) bond motifs is 3. The van der Waals surface area contributed by atoms with Crippen LogP contribution in [0.1, 0.15) is 87.0 Å². The van der Waals surface area contributed by atoms with Gasteiger partial charge < -0.3 is 10.4 Å². The summed E-state index contributed by atoms with van der Waals surface area (Å²) in [6, 6.07) is 0. The lowest BCUT2D eigenvalue weighted by atomic mass is 9.72. The minimum atomic E-state index is -1.10. The first-order chi connectivity index (χ1) is 16.5. The van der Waals surface area contributed by atoms with Crippen molar-refractivity contribution in [1.29, 1.82) is 0 Å².